The van der Waals surface area contributed by atoms with Crippen LogP contribution in [0.25, 0.3) is 0 Å². The number of hydrogen-bond acceptors (Lipinski definition) is 5. The average Bonchev–Trinajstić information content (AvgIpc) is 2.84. The predicted octanol–water partition coefficient (Wildman–Crippen LogP) is 6.08. The Morgan fingerprint density at radius 1 is 0.882 bits per heavy atom. The first-order chi connectivity index (χ1) is 16.4. The van der Waals surface area contributed by atoms with E-state index in [1.54, 1.807) is 18.2 Å². The molecule has 1 unspecified atom stereocenters. The predicted molar refractivity (Wildman–Crippen MR) is 138 cm³/mol. The first-order valence-electron chi connectivity index (χ1n) is 11.0. The molecule has 2 N–H and O–H groups in total. The number of carbonyl (C=O) groups is 2. The van der Waals surface area contributed by atoms with Gasteiger partial charge in [0.25, 0.3) is 5.91 Å². The summed E-state index contributed by atoms with van der Waals surface area (Å²) in [7, 11) is 3.02. The van der Waals surface area contributed by atoms with Crippen LogP contribution in [0.15, 0.2) is 65.6 Å². The quantitative estimate of drug-likeness (QED) is 0.364. The number of benzene rings is 3. The molecular formula is C27H30N2O4S. The molecule has 6 nitrogen and oxygen atoms in total. The zero-order valence-corrected chi connectivity index (χ0v) is 20.9. The van der Waals surface area contributed by atoms with Crippen LogP contribution < -0.4 is 20.1 Å². The molecule has 2 amide bonds. The minimum Gasteiger partial charge on any atom is -0.496 e. The number of hydrogen-bond donors (Lipinski definition) is 2. The van der Waals surface area contributed by atoms with Gasteiger partial charge in [0.2, 0.25) is 5.91 Å². The number of para-hydroxylation sites is 1. The summed E-state index contributed by atoms with van der Waals surface area (Å²) in [5.74, 6) is 0.475. The van der Waals surface area contributed by atoms with Gasteiger partial charge < -0.3 is 20.1 Å². The van der Waals surface area contributed by atoms with E-state index in [0.29, 0.717) is 29.2 Å². The van der Waals surface area contributed by atoms with E-state index in [2.05, 4.69) is 10.6 Å². The molecule has 1 atom stereocenters. The van der Waals surface area contributed by atoms with Crippen LogP contribution in [0.2, 0.25) is 0 Å². The van der Waals surface area contributed by atoms with E-state index >= 15 is 0 Å². The second-order valence-corrected chi connectivity index (χ2v) is 9.07. The Hall–Kier alpha value is -3.45. The third-order valence-corrected chi connectivity index (χ3v) is 6.78. The van der Waals surface area contributed by atoms with Gasteiger partial charge in [0.15, 0.2) is 0 Å². The Bertz CT molecular complexity index is 1140. The number of thioether (sulfide) groups is 1. The van der Waals surface area contributed by atoms with E-state index in [-0.39, 0.29) is 17.1 Å². The smallest absolute Gasteiger partial charge is 0.263 e. The molecule has 0 heterocycles. The van der Waals surface area contributed by atoms with E-state index in [4.69, 9.17) is 9.47 Å². The number of aryl methyl sites for hydroxylation is 2. The summed E-state index contributed by atoms with van der Waals surface area (Å²) in [5, 5.41) is 5.72. The molecule has 0 saturated carbocycles. The van der Waals surface area contributed by atoms with Crippen molar-refractivity contribution >= 4 is 35.0 Å². The molecule has 0 aromatic heterocycles. The van der Waals surface area contributed by atoms with Gasteiger partial charge in [-0.2, -0.15) is 0 Å². The molecule has 0 aliphatic rings. The number of rotatable bonds is 9. The summed E-state index contributed by atoms with van der Waals surface area (Å²) in [6.07, 6.45) is 0.663. The van der Waals surface area contributed by atoms with Crippen molar-refractivity contribution in [3.63, 3.8) is 0 Å². The van der Waals surface area contributed by atoms with Gasteiger partial charge in [-0.1, -0.05) is 37.3 Å². The van der Waals surface area contributed by atoms with Crippen molar-refractivity contribution in [1.82, 2.24) is 0 Å². The minimum absolute atomic E-state index is 0.0434. The molecule has 178 valence electrons. The third-order valence-electron chi connectivity index (χ3n) is 5.42. The van der Waals surface area contributed by atoms with Crippen LogP contribution in [-0.2, 0) is 4.79 Å². The summed E-state index contributed by atoms with van der Waals surface area (Å²) in [6.45, 7) is 5.96. The van der Waals surface area contributed by atoms with Crippen LogP contribution in [-0.4, -0.2) is 31.3 Å². The molecule has 0 radical (unpaired) electrons. The van der Waals surface area contributed by atoms with Crippen LogP contribution in [0.1, 0.15) is 34.8 Å². The highest BCUT2D eigenvalue weighted by Crippen LogP contribution is 2.32. The maximum absolute atomic E-state index is 13.0. The lowest BCUT2D eigenvalue weighted by Gasteiger charge is -2.18. The molecular weight excluding hydrogens is 448 g/mol. The zero-order chi connectivity index (χ0) is 24.7. The van der Waals surface area contributed by atoms with Gasteiger partial charge in [0.1, 0.15) is 17.1 Å². The highest BCUT2D eigenvalue weighted by Gasteiger charge is 2.21. The Morgan fingerprint density at radius 3 is 2.06 bits per heavy atom. The van der Waals surface area contributed by atoms with Crippen molar-refractivity contribution in [2.75, 3.05) is 24.9 Å². The summed E-state index contributed by atoms with van der Waals surface area (Å²) in [4.78, 5) is 26.9. The molecule has 0 aliphatic heterocycles. The number of ether oxygens (including phenoxy) is 2. The first kappa shape index (κ1) is 25.2. The largest absolute Gasteiger partial charge is 0.496 e. The number of methoxy groups -OCH3 is 2. The topological polar surface area (TPSA) is 76.7 Å². The van der Waals surface area contributed by atoms with Crippen molar-refractivity contribution in [2.24, 2.45) is 0 Å². The molecule has 3 aromatic rings. The number of amides is 2. The molecule has 0 saturated heterocycles. The van der Waals surface area contributed by atoms with Gasteiger partial charge in [-0.15, -0.1) is 11.8 Å². The van der Waals surface area contributed by atoms with Gasteiger partial charge in [-0.05, 0) is 61.7 Å². The van der Waals surface area contributed by atoms with Crippen molar-refractivity contribution in [2.45, 2.75) is 37.3 Å². The van der Waals surface area contributed by atoms with E-state index in [1.807, 2.05) is 63.2 Å². The molecule has 0 spiro atoms. The van der Waals surface area contributed by atoms with Gasteiger partial charge in [-0.3, -0.25) is 9.59 Å². The van der Waals surface area contributed by atoms with Crippen molar-refractivity contribution in [3.8, 4) is 11.5 Å². The number of carbonyl (C=O) groups excluding carboxylic acids is 2. The Balaban J connectivity index is 1.75. The lowest BCUT2D eigenvalue weighted by molar-refractivity contribution is -0.115. The molecule has 34 heavy (non-hydrogen) atoms. The van der Waals surface area contributed by atoms with Crippen LogP contribution >= 0.6 is 11.8 Å². The fraction of sp³-hybridized carbons (Fsp3) is 0.259. The fourth-order valence-corrected chi connectivity index (χ4v) is 4.63. The molecule has 0 aliphatic carbocycles. The SMILES string of the molecule is CCC(Sc1cccc(NC(=O)c2c(OC)cccc2OC)c1)C(=O)Nc1c(C)cccc1C. The van der Waals surface area contributed by atoms with E-state index in [0.717, 1.165) is 21.7 Å². The van der Waals surface area contributed by atoms with Crippen LogP contribution in [0.3, 0.4) is 0 Å². The Kier molecular flexibility index (Phi) is 8.60. The van der Waals surface area contributed by atoms with Crippen molar-refractivity contribution < 1.29 is 19.1 Å². The lowest BCUT2D eigenvalue weighted by atomic mass is 10.1. The highest BCUT2D eigenvalue weighted by molar-refractivity contribution is 8.00. The monoisotopic (exact) mass is 478 g/mol. The standard InChI is InChI=1S/C27H30N2O4S/c1-6-23(26(30)29-25-17(2)10-7-11-18(25)3)34-20-13-8-12-19(16-20)28-27(31)24-21(32-4)14-9-15-22(24)33-5/h7-16,23H,6H2,1-5H3,(H,28,31)(H,29,30). The first-order valence-corrected chi connectivity index (χ1v) is 11.9. The molecule has 3 rings (SSSR count). The maximum Gasteiger partial charge on any atom is 0.263 e. The van der Waals surface area contributed by atoms with E-state index in [1.165, 1.54) is 26.0 Å². The fourth-order valence-electron chi connectivity index (χ4n) is 3.62. The second-order valence-electron chi connectivity index (χ2n) is 7.79. The Morgan fingerprint density at radius 2 is 1.47 bits per heavy atom. The molecule has 0 bridgehead atoms. The zero-order valence-electron chi connectivity index (χ0n) is 20.1. The third kappa shape index (κ3) is 5.91. The normalized spacial score (nSPS) is 11.4. The lowest BCUT2D eigenvalue weighted by Crippen LogP contribution is -2.25. The van der Waals surface area contributed by atoms with Crippen LogP contribution in [0.5, 0.6) is 11.5 Å². The minimum atomic E-state index is -0.337. The maximum atomic E-state index is 13.0. The summed E-state index contributed by atoms with van der Waals surface area (Å²) < 4.78 is 10.7. The van der Waals surface area contributed by atoms with Crippen LogP contribution in [0, 0.1) is 13.8 Å². The summed E-state index contributed by atoms with van der Waals surface area (Å²) in [5.41, 5.74) is 3.87. The van der Waals surface area contributed by atoms with Crippen molar-refractivity contribution in [1.29, 1.82) is 0 Å². The van der Waals surface area contributed by atoms with Crippen LogP contribution in [0.4, 0.5) is 11.4 Å². The number of nitrogens with one attached hydrogen (secondary N) is 2. The van der Waals surface area contributed by atoms with Gasteiger partial charge >= 0.3 is 0 Å². The van der Waals surface area contributed by atoms with Gasteiger partial charge in [0.05, 0.1) is 19.5 Å². The highest BCUT2D eigenvalue weighted by atomic mass is 32.2. The van der Waals surface area contributed by atoms with E-state index in [9.17, 15) is 9.59 Å². The molecule has 0 fully saturated rings. The average molecular weight is 479 g/mol. The summed E-state index contributed by atoms with van der Waals surface area (Å²) >= 11 is 1.47. The number of anilines is 2. The summed E-state index contributed by atoms with van der Waals surface area (Å²) in [6, 6.07) is 18.6. The molecule has 3 aromatic carbocycles. The molecule has 7 heteroatoms. The Labute approximate surface area is 205 Å². The van der Waals surface area contributed by atoms with Gasteiger partial charge in [-0.25, -0.2) is 0 Å². The van der Waals surface area contributed by atoms with E-state index < -0.39 is 0 Å². The van der Waals surface area contributed by atoms with Gasteiger partial charge in [0, 0.05) is 16.3 Å². The van der Waals surface area contributed by atoms with Crippen molar-refractivity contribution in [3.05, 3.63) is 77.4 Å². The second kappa shape index (κ2) is 11.6.